The fourth-order valence-electron chi connectivity index (χ4n) is 2.20. The summed E-state index contributed by atoms with van der Waals surface area (Å²) in [6.07, 6.45) is -4.35. The molecule has 0 bridgehead atoms. The van der Waals surface area contributed by atoms with Crippen LogP contribution in [0.4, 0.5) is 13.2 Å². The third-order valence-electron chi connectivity index (χ3n) is 3.33. The molecule has 1 radical (unpaired) electrons. The molecule has 0 aromatic heterocycles. The Bertz CT molecular complexity index is 778. The lowest BCUT2D eigenvalue weighted by molar-refractivity contribution is -0.137. The molecule has 0 heterocycles. The highest BCUT2D eigenvalue weighted by molar-refractivity contribution is 5.70. The maximum absolute atomic E-state index is 12.6. The molecule has 0 aliphatic rings. The Kier molecular flexibility index (Phi) is 4.06. The zero-order chi connectivity index (χ0) is 16.3. The van der Waals surface area contributed by atoms with Crippen molar-refractivity contribution in [2.45, 2.75) is 6.18 Å². The van der Waals surface area contributed by atoms with Gasteiger partial charge in [0.25, 0.3) is 0 Å². The van der Waals surface area contributed by atoms with E-state index in [1.54, 1.807) is 18.2 Å². The van der Waals surface area contributed by atoms with E-state index in [1.165, 1.54) is 12.1 Å². The first kappa shape index (κ1) is 15.2. The van der Waals surface area contributed by atoms with Gasteiger partial charge in [0.05, 0.1) is 5.56 Å². The molecule has 0 aliphatic carbocycles. The number of hydrogen-bond acceptors (Lipinski definition) is 1. The van der Waals surface area contributed by atoms with E-state index in [4.69, 9.17) is 4.74 Å². The predicted octanol–water partition coefficient (Wildman–Crippen LogP) is 5.96. The Labute approximate surface area is 132 Å². The van der Waals surface area contributed by atoms with E-state index in [2.05, 4.69) is 6.07 Å². The van der Waals surface area contributed by atoms with Gasteiger partial charge in [-0.25, -0.2) is 0 Å². The Balaban J connectivity index is 1.89. The van der Waals surface area contributed by atoms with E-state index in [1.807, 2.05) is 30.3 Å². The van der Waals surface area contributed by atoms with Crippen molar-refractivity contribution in [1.29, 1.82) is 0 Å². The lowest BCUT2D eigenvalue weighted by Crippen LogP contribution is -2.04. The van der Waals surface area contributed by atoms with Gasteiger partial charge in [-0.1, -0.05) is 42.5 Å². The first-order valence-corrected chi connectivity index (χ1v) is 6.95. The molecule has 0 aliphatic heterocycles. The smallest absolute Gasteiger partial charge is 0.416 e. The third kappa shape index (κ3) is 3.54. The zero-order valence-electron chi connectivity index (χ0n) is 12.0. The number of halogens is 3. The predicted molar refractivity (Wildman–Crippen MR) is 82.2 cm³/mol. The molecule has 3 aromatic rings. The van der Waals surface area contributed by atoms with E-state index >= 15 is 0 Å². The lowest BCUT2D eigenvalue weighted by atomic mass is 10.0. The Morgan fingerprint density at radius 2 is 1.43 bits per heavy atom. The number of rotatable bonds is 3. The van der Waals surface area contributed by atoms with E-state index in [0.29, 0.717) is 11.5 Å². The van der Waals surface area contributed by atoms with Gasteiger partial charge in [-0.15, -0.1) is 0 Å². The molecule has 0 unspecified atom stereocenters. The molecular formula is C19H12F3O. The van der Waals surface area contributed by atoms with Crippen LogP contribution in [0.1, 0.15) is 5.56 Å². The fraction of sp³-hybridized carbons (Fsp3) is 0.0526. The molecule has 115 valence electrons. The van der Waals surface area contributed by atoms with Crippen LogP contribution in [-0.2, 0) is 6.18 Å². The summed E-state index contributed by atoms with van der Waals surface area (Å²) in [7, 11) is 0. The summed E-state index contributed by atoms with van der Waals surface area (Å²) < 4.78 is 43.5. The van der Waals surface area contributed by atoms with Crippen molar-refractivity contribution in [3.05, 3.63) is 84.4 Å². The summed E-state index contributed by atoms with van der Waals surface area (Å²) in [5, 5.41) is 0. The molecule has 0 amide bonds. The van der Waals surface area contributed by atoms with Crippen molar-refractivity contribution in [2.24, 2.45) is 0 Å². The van der Waals surface area contributed by atoms with Crippen molar-refractivity contribution < 1.29 is 17.9 Å². The minimum absolute atomic E-state index is 0.355. The van der Waals surface area contributed by atoms with Gasteiger partial charge in [0.15, 0.2) is 0 Å². The van der Waals surface area contributed by atoms with Gasteiger partial charge in [-0.2, -0.15) is 13.2 Å². The maximum atomic E-state index is 12.6. The molecule has 3 aromatic carbocycles. The second-order valence-corrected chi connectivity index (χ2v) is 4.91. The van der Waals surface area contributed by atoms with Crippen LogP contribution in [-0.4, -0.2) is 0 Å². The maximum Gasteiger partial charge on any atom is 0.416 e. The van der Waals surface area contributed by atoms with Gasteiger partial charge >= 0.3 is 6.18 Å². The lowest BCUT2D eigenvalue weighted by Gasteiger charge is -2.12. The van der Waals surface area contributed by atoms with E-state index in [9.17, 15) is 13.2 Å². The normalized spacial score (nSPS) is 11.3. The van der Waals surface area contributed by atoms with E-state index in [0.717, 1.165) is 23.3 Å². The molecule has 0 fully saturated rings. The summed E-state index contributed by atoms with van der Waals surface area (Å²) in [5.41, 5.74) is 1.12. The molecule has 1 nitrogen and oxygen atoms in total. The monoisotopic (exact) mass is 313 g/mol. The van der Waals surface area contributed by atoms with Gasteiger partial charge in [0.2, 0.25) is 0 Å². The first-order chi connectivity index (χ1) is 11.0. The molecule has 0 N–H and O–H groups in total. The fourth-order valence-corrected chi connectivity index (χ4v) is 2.20. The summed E-state index contributed by atoms with van der Waals surface area (Å²) in [6.45, 7) is 0. The molecule has 0 atom stereocenters. The number of benzene rings is 3. The quantitative estimate of drug-likeness (QED) is 0.579. The van der Waals surface area contributed by atoms with Crippen LogP contribution in [0.2, 0.25) is 0 Å². The summed E-state index contributed by atoms with van der Waals surface area (Å²) in [4.78, 5) is 0. The van der Waals surface area contributed by atoms with Gasteiger partial charge in [0.1, 0.15) is 11.5 Å². The van der Waals surface area contributed by atoms with Crippen LogP contribution in [0, 0.1) is 6.07 Å². The number of para-hydroxylation sites is 1. The van der Waals surface area contributed by atoms with Crippen LogP contribution >= 0.6 is 0 Å². The topological polar surface area (TPSA) is 9.23 Å². The third-order valence-corrected chi connectivity index (χ3v) is 3.33. The van der Waals surface area contributed by atoms with Crippen LogP contribution in [0.5, 0.6) is 11.5 Å². The molecule has 23 heavy (non-hydrogen) atoms. The zero-order valence-corrected chi connectivity index (χ0v) is 12.0. The highest BCUT2D eigenvalue weighted by atomic mass is 19.4. The van der Waals surface area contributed by atoms with Crippen molar-refractivity contribution in [1.82, 2.24) is 0 Å². The second kappa shape index (κ2) is 6.16. The van der Waals surface area contributed by atoms with Crippen molar-refractivity contribution in [2.75, 3.05) is 0 Å². The average Bonchev–Trinajstić information content (AvgIpc) is 2.56. The first-order valence-electron chi connectivity index (χ1n) is 6.95. The summed E-state index contributed by atoms with van der Waals surface area (Å²) >= 11 is 0. The summed E-state index contributed by atoms with van der Waals surface area (Å²) in [6, 6.07) is 22.4. The molecule has 0 spiro atoms. The molecular weight excluding hydrogens is 301 g/mol. The molecule has 0 saturated heterocycles. The Hall–Kier alpha value is -2.75. The standard InChI is InChI=1S/C19H12F3O/c20-19(21,22)15-10-12-16(13-11-15)23-18-9-5-4-8-17(18)14-6-2-1-3-7-14/h2-13H. The summed E-state index contributed by atoms with van der Waals surface area (Å²) in [5.74, 6) is 0.936. The van der Waals surface area contributed by atoms with Gasteiger partial charge in [0, 0.05) is 5.56 Å². The van der Waals surface area contributed by atoms with Gasteiger partial charge in [-0.3, -0.25) is 0 Å². The van der Waals surface area contributed by atoms with Crippen LogP contribution in [0.15, 0.2) is 72.8 Å². The number of hydrogen-bond donors (Lipinski definition) is 0. The molecule has 4 heteroatoms. The largest absolute Gasteiger partial charge is 0.457 e. The van der Waals surface area contributed by atoms with E-state index < -0.39 is 11.7 Å². The van der Waals surface area contributed by atoms with Crippen LogP contribution in [0.25, 0.3) is 11.1 Å². The number of ether oxygens (including phenoxy) is 1. The second-order valence-electron chi connectivity index (χ2n) is 4.91. The van der Waals surface area contributed by atoms with Crippen LogP contribution < -0.4 is 4.74 Å². The Morgan fingerprint density at radius 3 is 2.09 bits per heavy atom. The van der Waals surface area contributed by atoms with Gasteiger partial charge in [-0.05, 0) is 42.0 Å². The minimum atomic E-state index is -4.35. The average molecular weight is 313 g/mol. The van der Waals surface area contributed by atoms with Gasteiger partial charge < -0.3 is 4.74 Å². The highest BCUT2D eigenvalue weighted by Gasteiger charge is 2.30. The SMILES string of the molecule is FC(F)(F)c1ccc(Oc2ccccc2-c2cc[c]cc2)cc1. The number of alkyl halides is 3. The highest BCUT2D eigenvalue weighted by Crippen LogP contribution is 2.35. The van der Waals surface area contributed by atoms with Crippen molar-refractivity contribution >= 4 is 0 Å². The minimum Gasteiger partial charge on any atom is -0.457 e. The van der Waals surface area contributed by atoms with E-state index in [-0.39, 0.29) is 0 Å². The van der Waals surface area contributed by atoms with Crippen molar-refractivity contribution in [3.8, 4) is 22.6 Å². The van der Waals surface area contributed by atoms with Crippen LogP contribution in [0.3, 0.4) is 0 Å². The molecule has 3 rings (SSSR count). The Morgan fingerprint density at radius 1 is 0.783 bits per heavy atom. The molecule has 0 saturated carbocycles. The van der Waals surface area contributed by atoms with Crippen molar-refractivity contribution in [3.63, 3.8) is 0 Å².